The highest BCUT2D eigenvalue weighted by atomic mass is 35.5. The average molecular weight is 615 g/mol. The number of nitrogens with one attached hydrogen (secondary N) is 2. The molecule has 0 spiro atoms. The number of carbonyl (C=O) groups excluding carboxylic acids is 2. The predicted molar refractivity (Wildman–Crippen MR) is 159 cm³/mol. The first kappa shape index (κ1) is 29.0. The number of hydrogen-bond acceptors (Lipinski definition) is 5. The SMILES string of the molecule is C[C@H](Cc1cccc(S(C)(=O)=O)c1)NC(=O)c1c(Cl)cc2c(c1Cl)CCN(C(=O)NCc1ccc3ccoc3c1)C2. The van der Waals surface area contributed by atoms with Gasteiger partial charge in [-0.2, -0.15) is 0 Å². The summed E-state index contributed by atoms with van der Waals surface area (Å²) in [6, 6.07) is 15.5. The number of furan rings is 1. The first-order valence-corrected chi connectivity index (χ1v) is 15.7. The molecule has 8 nitrogen and oxygen atoms in total. The van der Waals surface area contributed by atoms with Crippen LogP contribution in [-0.2, 0) is 35.8 Å². The van der Waals surface area contributed by atoms with Gasteiger partial charge in [-0.25, -0.2) is 13.2 Å². The van der Waals surface area contributed by atoms with Crippen molar-refractivity contribution < 1.29 is 22.4 Å². The van der Waals surface area contributed by atoms with Crippen molar-refractivity contribution in [3.05, 3.63) is 98.7 Å². The molecule has 0 saturated heterocycles. The Hall–Kier alpha value is -3.53. The predicted octanol–water partition coefficient (Wildman–Crippen LogP) is 5.77. The first-order valence-electron chi connectivity index (χ1n) is 13.1. The molecule has 1 aromatic heterocycles. The van der Waals surface area contributed by atoms with Gasteiger partial charge >= 0.3 is 6.03 Å². The minimum absolute atomic E-state index is 0.190. The smallest absolute Gasteiger partial charge is 0.317 e. The van der Waals surface area contributed by atoms with Crippen molar-refractivity contribution in [1.82, 2.24) is 15.5 Å². The molecule has 0 bridgehead atoms. The maximum absolute atomic E-state index is 13.2. The van der Waals surface area contributed by atoms with E-state index < -0.39 is 15.7 Å². The molecule has 41 heavy (non-hydrogen) atoms. The molecule has 1 aliphatic heterocycles. The van der Waals surface area contributed by atoms with Gasteiger partial charge in [0, 0.05) is 37.3 Å². The number of sulfone groups is 1. The molecule has 3 aromatic carbocycles. The minimum atomic E-state index is -3.33. The molecule has 0 fully saturated rings. The van der Waals surface area contributed by atoms with Gasteiger partial charge in [0.2, 0.25) is 0 Å². The Bertz CT molecular complexity index is 1750. The van der Waals surface area contributed by atoms with Crippen molar-refractivity contribution in [2.45, 2.75) is 43.8 Å². The van der Waals surface area contributed by atoms with Crippen LogP contribution in [-0.4, -0.2) is 44.1 Å². The second-order valence-electron chi connectivity index (χ2n) is 10.3. The molecule has 4 aromatic rings. The summed E-state index contributed by atoms with van der Waals surface area (Å²) in [6.07, 6.45) is 3.69. The van der Waals surface area contributed by atoms with Crippen molar-refractivity contribution in [3.63, 3.8) is 0 Å². The molecule has 1 atom stereocenters. The van der Waals surface area contributed by atoms with Crippen LogP contribution in [0, 0.1) is 0 Å². The highest BCUT2D eigenvalue weighted by Crippen LogP contribution is 2.34. The fraction of sp³-hybridized carbons (Fsp3) is 0.267. The number of amides is 3. The number of benzene rings is 3. The highest BCUT2D eigenvalue weighted by Gasteiger charge is 2.27. The van der Waals surface area contributed by atoms with E-state index in [4.69, 9.17) is 27.6 Å². The summed E-state index contributed by atoms with van der Waals surface area (Å²) >= 11 is 13.3. The van der Waals surface area contributed by atoms with E-state index in [1.165, 1.54) is 0 Å². The lowest BCUT2D eigenvalue weighted by Crippen LogP contribution is -2.42. The Kier molecular flexibility index (Phi) is 8.31. The lowest BCUT2D eigenvalue weighted by Gasteiger charge is -2.30. The summed E-state index contributed by atoms with van der Waals surface area (Å²) in [5.74, 6) is -0.414. The van der Waals surface area contributed by atoms with Crippen molar-refractivity contribution in [1.29, 1.82) is 0 Å². The molecule has 2 heterocycles. The van der Waals surface area contributed by atoms with E-state index in [1.807, 2.05) is 37.3 Å². The molecule has 0 unspecified atom stereocenters. The maximum atomic E-state index is 13.2. The van der Waals surface area contributed by atoms with Crippen molar-refractivity contribution in [2.75, 3.05) is 12.8 Å². The standard InChI is InChI=1S/C30H29Cl2N3O5S/c1-18(12-19-4-3-5-23(13-19)41(2,38)39)34-29(36)27-25(31)15-22-17-35(10-8-24(22)28(27)32)30(37)33-16-20-6-7-21-9-11-40-26(21)14-20/h3-7,9,11,13-15,18H,8,10,12,16-17H2,1-2H3,(H,33,37)(H,34,36)/t18-/m1/s1. The van der Waals surface area contributed by atoms with E-state index in [9.17, 15) is 18.0 Å². The van der Waals surface area contributed by atoms with Gasteiger partial charge in [-0.3, -0.25) is 4.79 Å². The van der Waals surface area contributed by atoms with Gasteiger partial charge in [-0.1, -0.05) is 47.5 Å². The van der Waals surface area contributed by atoms with Gasteiger partial charge in [-0.15, -0.1) is 0 Å². The van der Waals surface area contributed by atoms with Gasteiger partial charge in [-0.05, 0) is 72.4 Å². The third-order valence-corrected chi connectivity index (χ3v) is 8.95. The number of halogens is 2. The zero-order chi connectivity index (χ0) is 29.3. The zero-order valence-corrected chi connectivity index (χ0v) is 24.9. The molecule has 0 saturated carbocycles. The third-order valence-electron chi connectivity index (χ3n) is 7.13. The first-order chi connectivity index (χ1) is 19.5. The van der Waals surface area contributed by atoms with Gasteiger partial charge in [0.1, 0.15) is 5.58 Å². The van der Waals surface area contributed by atoms with Gasteiger partial charge < -0.3 is 20.0 Å². The normalized spacial score (nSPS) is 14.0. The summed E-state index contributed by atoms with van der Waals surface area (Å²) in [4.78, 5) is 28.0. The molecule has 0 radical (unpaired) electrons. The summed E-state index contributed by atoms with van der Waals surface area (Å²) in [6.45, 7) is 2.93. The molecule has 0 aliphatic carbocycles. The van der Waals surface area contributed by atoms with Crippen LogP contribution in [0.2, 0.25) is 10.0 Å². The molecule has 11 heteroatoms. The Morgan fingerprint density at radius 2 is 1.88 bits per heavy atom. The summed E-state index contributed by atoms with van der Waals surface area (Å²) in [5, 5.41) is 7.36. The highest BCUT2D eigenvalue weighted by molar-refractivity contribution is 7.90. The Labute approximate surface area is 248 Å². The fourth-order valence-corrected chi connectivity index (χ4v) is 6.49. The summed E-state index contributed by atoms with van der Waals surface area (Å²) < 4.78 is 29.2. The fourth-order valence-electron chi connectivity index (χ4n) is 5.04. The van der Waals surface area contributed by atoms with Crippen LogP contribution in [0.25, 0.3) is 11.0 Å². The summed E-state index contributed by atoms with van der Waals surface area (Å²) in [5.41, 5.74) is 4.25. The van der Waals surface area contributed by atoms with E-state index in [0.29, 0.717) is 32.5 Å². The lowest BCUT2D eigenvalue weighted by atomic mass is 9.96. The van der Waals surface area contributed by atoms with Crippen molar-refractivity contribution in [2.24, 2.45) is 0 Å². The minimum Gasteiger partial charge on any atom is -0.464 e. The van der Waals surface area contributed by atoms with Crippen LogP contribution in [0.4, 0.5) is 4.79 Å². The number of nitrogens with zero attached hydrogens (tertiary/aromatic N) is 1. The van der Waals surface area contributed by atoms with E-state index in [1.54, 1.807) is 35.4 Å². The number of carbonyl (C=O) groups is 2. The molecule has 1 aliphatic rings. The van der Waals surface area contributed by atoms with Crippen LogP contribution in [0.3, 0.4) is 0 Å². The van der Waals surface area contributed by atoms with Crippen LogP contribution in [0.5, 0.6) is 0 Å². The largest absolute Gasteiger partial charge is 0.464 e. The Balaban J connectivity index is 1.23. The molecule has 214 valence electrons. The van der Waals surface area contributed by atoms with Crippen LogP contribution in [0.1, 0.15) is 39.5 Å². The van der Waals surface area contributed by atoms with Crippen molar-refractivity contribution in [3.8, 4) is 0 Å². The molecule has 3 amide bonds. The van der Waals surface area contributed by atoms with E-state index in [0.717, 1.165) is 39.5 Å². The quantitative estimate of drug-likeness (QED) is 0.275. The topological polar surface area (TPSA) is 109 Å². The van der Waals surface area contributed by atoms with Gasteiger partial charge in [0.25, 0.3) is 5.91 Å². The number of rotatable bonds is 7. The maximum Gasteiger partial charge on any atom is 0.317 e. The molecule has 2 N–H and O–H groups in total. The van der Waals surface area contributed by atoms with Gasteiger partial charge in [0.15, 0.2) is 9.84 Å². The second-order valence-corrected chi connectivity index (χ2v) is 13.1. The molecular formula is C30H29Cl2N3O5S. The second kappa shape index (κ2) is 11.8. The third kappa shape index (κ3) is 6.53. The van der Waals surface area contributed by atoms with Crippen LogP contribution >= 0.6 is 23.2 Å². The van der Waals surface area contributed by atoms with E-state index in [-0.39, 0.29) is 32.6 Å². The van der Waals surface area contributed by atoms with Crippen LogP contribution in [0.15, 0.2) is 70.2 Å². The Morgan fingerprint density at radius 3 is 2.66 bits per heavy atom. The van der Waals surface area contributed by atoms with Crippen LogP contribution < -0.4 is 10.6 Å². The monoisotopic (exact) mass is 613 g/mol. The van der Waals surface area contributed by atoms with E-state index >= 15 is 0 Å². The number of hydrogen-bond donors (Lipinski definition) is 2. The average Bonchev–Trinajstić information content (AvgIpc) is 3.39. The van der Waals surface area contributed by atoms with E-state index in [2.05, 4.69) is 10.6 Å². The summed E-state index contributed by atoms with van der Waals surface area (Å²) in [7, 11) is -3.33. The van der Waals surface area contributed by atoms with Crippen molar-refractivity contribution >= 4 is 55.9 Å². The zero-order valence-electron chi connectivity index (χ0n) is 22.5. The molecule has 5 rings (SSSR count). The lowest BCUT2D eigenvalue weighted by molar-refractivity contribution is 0.0940. The number of fused-ring (bicyclic) bond motifs is 2. The Morgan fingerprint density at radius 1 is 1.07 bits per heavy atom. The molecular weight excluding hydrogens is 585 g/mol. The number of urea groups is 1. The van der Waals surface area contributed by atoms with Gasteiger partial charge in [0.05, 0.1) is 26.8 Å².